The predicted octanol–water partition coefficient (Wildman–Crippen LogP) is 3.47. The van der Waals surface area contributed by atoms with E-state index in [1.165, 1.54) is 4.31 Å². The third-order valence-electron chi connectivity index (χ3n) is 4.68. The van der Waals surface area contributed by atoms with E-state index < -0.39 is 22.8 Å². The van der Waals surface area contributed by atoms with Gasteiger partial charge in [0.2, 0.25) is 5.91 Å². The molecular weight excluding hydrogens is 453 g/mol. The maximum atomic E-state index is 12.6. The number of ether oxygens (including phenoxy) is 1. The fraction of sp³-hybridized carbons (Fsp3) is 0.450. The molecular formula is C20H23F3N2O4S2. The number of halogens is 3. The van der Waals surface area contributed by atoms with Gasteiger partial charge in [-0.2, -0.15) is 17.5 Å². The van der Waals surface area contributed by atoms with Crippen molar-refractivity contribution in [3.63, 3.8) is 0 Å². The van der Waals surface area contributed by atoms with Crippen molar-refractivity contribution in [3.8, 4) is 0 Å². The van der Waals surface area contributed by atoms with Crippen LogP contribution >= 0.6 is 11.3 Å². The fourth-order valence-electron chi connectivity index (χ4n) is 3.11. The molecule has 2 heterocycles. The molecule has 0 bridgehead atoms. The van der Waals surface area contributed by atoms with Gasteiger partial charge in [-0.05, 0) is 36.1 Å². The summed E-state index contributed by atoms with van der Waals surface area (Å²) in [5.41, 5.74) is 1.39. The highest BCUT2D eigenvalue weighted by Crippen LogP contribution is 2.27. The lowest BCUT2D eigenvalue weighted by Crippen LogP contribution is -2.27. The lowest BCUT2D eigenvalue weighted by Gasteiger charge is -2.13. The second kappa shape index (κ2) is 10.1. The van der Waals surface area contributed by atoms with Crippen LogP contribution in [0.25, 0.3) is 0 Å². The first-order valence-electron chi connectivity index (χ1n) is 9.71. The predicted molar refractivity (Wildman–Crippen MR) is 110 cm³/mol. The highest BCUT2D eigenvalue weighted by Gasteiger charge is 2.29. The molecule has 1 aliphatic rings. The number of rotatable bonds is 9. The van der Waals surface area contributed by atoms with Gasteiger partial charge in [0.05, 0.1) is 13.0 Å². The molecule has 0 spiro atoms. The number of hydrogen-bond donors (Lipinski definition) is 1. The maximum Gasteiger partial charge on any atom is 0.411 e. The highest BCUT2D eigenvalue weighted by molar-refractivity contribution is 7.91. The van der Waals surface area contributed by atoms with E-state index in [-0.39, 0.29) is 29.7 Å². The van der Waals surface area contributed by atoms with E-state index in [1.807, 2.05) is 0 Å². The van der Waals surface area contributed by atoms with E-state index in [2.05, 4.69) is 10.1 Å². The summed E-state index contributed by atoms with van der Waals surface area (Å²) in [6.45, 7) is -0.124. The molecule has 6 nitrogen and oxygen atoms in total. The average Bonchev–Trinajstić information content (AvgIpc) is 3.39. The SMILES string of the molecule is O=C(Cc1ccc(S(=O)(=O)N2CCCC2)s1)NCc1ccc(COCC(F)(F)F)cc1. The normalized spacial score (nSPS) is 15.3. The summed E-state index contributed by atoms with van der Waals surface area (Å²) in [7, 11) is -3.48. The minimum atomic E-state index is -4.36. The molecule has 1 aromatic heterocycles. The summed E-state index contributed by atoms with van der Waals surface area (Å²) in [4.78, 5) is 12.9. The van der Waals surface area contributed by atoms with Crippen LogP contribution in [-0.4, -0.2) is 44.5 Å². The zero-order valence-electron chi connectivity index (χ0n) is 16.7. The Balaban J connectivity index is 1.46. The number of hydrogen-bond acceptors (Lipinski definition) is 5. The second-order valence-corrected chi connectivity index (χ2v) is 10.5. The van der Waals surface area contributed by atoms with E-state index in [0.29, 0.717) is 23.5 Å². The molecule has 0 aliphatic carbocycles. The first-order chi connectivity index (χ1) is 14.6. The Morgan fingerprint density at radius 3 is 2.35 bits per heavy atom. The van der Waals surface area contributed by atoms with Crippen molar-refractivity contribution in [3.05, 3.63) is 52.4 Å². The van der Waals surface area contributed by atoms with Gasteiger partial charge >= 0.3 is 6.18 Å². The van der Waals surface area contributed by atoms with Gasteiger partial charge in [-0.3, -0.25) is 4.79 Å². The van der Waals surface area contributed by atoms with E-state index >= 15 is 0 Å². The first-order valence-corrected chi connectivity index (χ1v) is 12.0. The molecule has 31 heavy (non-hydrogen) atoms. The Hall–Kier alpha value is -1.95. The molecule has 0 saturated carbocycles. The van der Waals surface area contributed by atoms with Crippen LogP contribution in [-0.2, 0) is 39.1 Å². The van der Waals surface area contributed by atoms with Gasteiger partial charge in [-0.25, -0.2) is 8.42 Å². The topological polar surface area (TPSA) is 75.7 Å². The third kappa shape index (κ3) is 7.03. The molecule has 11 heteroatoms. The van der Waals surface area contributed by atoms with Gasteiger partial charge in [-0.1, -0.05) is 24.3 Å². The van der Waals surface area contributed by atoms with Gasteiger partial charge in [0.25, 0.3) is 10.0 Å². The maximum absolute atomic E-state index is 12.6. The van der Waals surface area contributed by atoms with E-state index in [0.717, 1.165) is 29.7 Å². The van der Waals surface area contributed by atoms with Crippen molar-refractivity contribution in [1.29, 1.82) is 0 Å². The number of benzene rings is 1. The molecule has 1 aliphatic heterocycles. The molecule has 0 unspecified atom stereocenters. The molecule has 0 atom stereocenters. The van der Waals surface area contributed by atoms with Gasteiger partial charge in [0.1, 0.15) is 10.8 Å². The van der Waals surface area contributed by atoms with Crippen LogP contribution in [0.3, 0.4) is 0 Å². The minimum absolute atomic E-state index is 0.0730. The van der Waals surface area contributed by atoms with Crippen LogP contribution in [0, 0.1) is 0 Å². The summed E-state index contributed by atoms with van der Waals surface area (Å²) >= 11 is 1.10. The summed E-state index contributed by atoms with van der Waals surface area (Å²) < 4.78 is 67.7. The molecule has 2 aromatic rings. The molecule has 1 aromatic carbocycles. The first kappa shape index (κ1) is 23.7. The summed E-state index contributed by atoms with van der Waals surface area (Å²) in [5, 5.41) is 2.76. The minimum Gasteiger partial charge on any atom is -0.367 e. The van der Waals surface area contributed by atoms with Gasteiger partial charge in [0.15, 0.2) is 0 Å². The van der Waals surface area contributed by atoms with Gasteiger partial charge < -0.3 is 10.1 Å². The Labute approximate surface area is 183 Å². The Morgan fingerprint density at radius 2 is 1.71 bits per heavy atom. The summed E-state index contributed by atoms with van der Waals surface area (Å²) in [6, 6.07) is 9.90. The lowest BCUT2D eigenvalue weighted by atomic mass is 10.1. The number of carbonyl (C=O) groups is 1. The van der Waals surface area contributed by atoms with Crippen molar-refractivity contribution in [2.45, 2.75) is 42.8 Å². The van der Waals surface area contributed by atoms with Crippen LogP contribution < -0.4 is 5.32 Å². The standard InChI is InChI=1S/C20H23F3N2O4S2/c21-20(22,23)14-29-13-16-5-3-15(4-6-16)12-24-18(26)11-17-7-8-19(30-17)31(27,28)25-9-1-2-10-25/h3-8H,1-2,9-14H2,(H,24,26). The average molecular weight is 477 g/mol. The summed E-state index contributed by atoms with van der Waals surface area (Å²) in [6.07, 6.45) is -2.56. The number of nitrogens with zero attached hydrogens (tertiary/aromatic N) is 1. The van der Waals surface area contributed by atoms with Crippen LogP contribution in [0.5, 0.6) is 0 Å². The zero-order chi connectivity index (χ0) is 22.5. The number of thiophene rings is 1. The molecule has 1 amide bonds. The van der Waals surface area contributed by atoms with E-state index in [4.69, 9.17) is 0 Å². The molecule has 170 valence electrons. The van der Waals surface area contributed by atoms with Crippen molar-refractivity contribution >= 4 is 27.3 Å². The molecule has 1 fully saturated rings. The smallest absolute Gasteiger partial charge is 0.367 e. The zero-order valence-corrected chi connectivity index (χ0v) is 18.3. The van der Waals surface area contributed by atoms with Crippen molar-refractivity contribution < 1.29 is 31.1 Å². The van der Waals surface area contributed by atoms with Crippen LogP contribution in [0.15, 0.2) is 40.6 Å². The van der Waals surface area contributed by atoms with Crippen LogP contribution in [0.2, 0.25) is 0 Å². The Kier molecular flexibility index (Phi) is 7.73. The molecule has 0 radical (unpaired) electrons. The Morgan fingerprint density at radius 1 is 1.06 bits per heavy atom. The van der Waals surface area contributed by atoms with Crippen molar-refractivity contribution in [1.82, 2.24) is 9.62 Å². The number of carbonyl (C=O) groups excluding carboxylic acids is 1. The number of alkyl halides is 3. The third-order valence-corrected chi connectivity index (χ3v) is 8.13. The molecule has 3 rings (SSSR count). The van der Waals surface area contributed by atoms with Crippen LogP contribution in [0.4, 0.5) is 13.2 Å². The fourth-order valence-corrected chi connectivity index (χ4v) is 6.13. The quantitative estimate of drug-likeness (QED) is 0.602. The van der Waals surface area contributed by atoms with Crippen LogP contribution in [0.1, 0.15) is 28.8 Å². The second-order valence-electron chi connectivity index (χ2n) is 7.21. The highest BCUT2D eigenvalue weighted by atomic mass is 32.2. The largest absolute Gasteiger partial charge is 0.411 e. The van der Waals surface area contributed by atoms with Crippen molar-refractivity contribution in [2.24, 2.45) is 0 Å². The molecule has 1 N–H and O–H groups in total. The number of nitrogens with one attached hydrogen (secondary N) is 1. The number of amides is 1. The van der Waals surface area contributed by atoms with Gasteiger partial charge in [0, 0.05) is 24.5 Å². The van der Waals surface area contributed by atoms with Gasteiger partial charge in [-0.15, -0.1) is 11.3 Å². The monoisotopic (exact) mass is 476 g/mol. The lowest BCUT2D eigenvalue weighted by molar-refractivity contribution is -0.176. The Bertz CT molecular complexity index is 983. The van der Waals surface area contributed by atoms with Crippen molar-refractivity contribution in [2.75, 3.05) is 19.7 Å². The van der Waals surface area contributed by atoms with E-state index in [1.54, 1.807) is 36.4 Å². The molecule has 1 saturated heterocycles. The van der Waals surface area contributed by atoms with E-state index in [9.17, 15) is 26.4 Å². The number of sulfonamides is 1. The summed E-state index contributed by atoms with van der Waals surface area (Å²) in [5.74, 6) is -0.246.